The predicted molar refractivity (Wildman–Crippen MR) is 107 cm³/mol. The molecule has 1 heterocycles. The van der Waals surface area contributed by atoms with E-state index in [0.717, 1.165) is 0 Å². The van der Waals surface area contributed by atoms with Gasteiger partial charge in [-0.15, -0.1) is 0 Å². The Kier molecular flexibility index (Phi) is 6.57. The quantitative estimate of drug-likeness (QED) is 0.767. The smallest absolute Gasteiger partial charge is 0.246 e. The molecule has 0 spiro atoms. The van der Waals surface area contributed by atoms with Crippen molar-refractivity contribution in [2.24, 2.45) is 0 Å². The summed E-state index contributed by atoms with van der Waals surface area (Å²) in [6.07, 6.45) is 0. The van der Waals surface area contributed by atoms with E-state index in [2.05, 4.69) is 5.32 Å². The average molecular weight is 446 g/mol. The molecule has 0 radical (unpaired) electrons. The van der Waals surface area contributed by atoms with E-state index in [1.807, 2.05) is 4.90 Å². The van der Waals surface area contributed by atoms with E-state index in [9.17, 15) is 17.6 Å². The van der Waals surface area contributed by atoms with Crippen LogP contribution in [0.1, 0.15) is 0 Å². The van der Waals surface area contributed by atoms with Crippen LogP contribution in [0.5, 0.6) is 0 Å². The second-order valence-electron chi connectivity index (χ2n) is 6.29. The Labute approximate surface area is 172 Å². The lowest BCUT2D eigenvalue weighted by atomic mass is 10.3. The normalized spacial score (nSPS) is 16.1. The van der Waals surface area contributed by atoms with Gasteiger partial charge in [-0.2, -0.15) is 4.31 Å². The van der Waals surface area contributed by atoms with Crippen LogP contribution in [0.15, 0.2) is 47.4 Å². The highest BCUT2D eigenvalue weighted by atomic mass is 35.5. The molecule has 1 saturated heterocycles. The van der Waals surface area contributed by atoms with Gasteiger partial charge in [-0.25, -0.2) is 12.8 Å². The Balaban J connectivity index is 1.59. The third kappa shape index (κ3) is 4.82. The van der Waals surface area contributed by atoms with Crippen molar-refractivity contribution in [3.63, 3.8) is 0 Å². The fourth-order valence-electron chi connectivity index (χ4n) is 2.96. The summed E-state index contributed by atoms with van der Waals surface area (Å²) in [4.78, 5) is 13.9. The molecule has 0 unspecified atom stereocenters. The summed E-state index contributed by atoms with van der Waals surface area (Å²) in [5.41, 5.74) is 0.375. The number of nitrogens with one attached hydrogen (secondary N) is 1. The Hall–Kier alpha value is -1.71. The van der Waals surface area contributed by atoms with Gasteiger partial charge in [0.05, 0.1) is 16.6 Å². The zero-order chi connectivity index (χ0) is 20.3. The first-order valence-electron chi connectivity index (χ1n) is 8.49. The van der Waals surface area contributed by atoms with Crippen LogP contribution < -0.4 is 5.32 Å². The van der Waals surface area contributed by atoms with E-state index in [4.69, 9.17) is 23.2 Å². The summed E-state index contributed by atoms with van der Waals surface area (Å²) in [6.45, 7) is 1.24. The number of carbonyl (C=O) groups excluding carboxylic acids is 1. The SMILES string of the molecule is O=C(CN1CCN(S(=O)(=O)c2c(Cl)cccc2Cl)CC1)Nc1cccc(F)c1. The number of halogens is 3. The molecule has 2 aromatic rings. The zero-order valence-electron chi connectivity index (χ0n) is 14.7. The highest BCUT2D eigenvalue weighted by Crippen LogP contribution is 2.31. The average Bonchev–Trinajstić information content (AvgIpc) is 2.61. The molecule has 1 aliphatic rings. The van der Waals surface area contributed by atoms with Crippen LogP contribution in [0.25, 0.3) is 0 Å². The van der Waals surface area contributed by atoms with Crippen LogP contribution in [0, 0.1) is 5.82 Å². The third-order valence-electron chi connectivity index (χ3n) is 4.32. The van der Waals surface area contributed by atoms with Crippen molar-refractivity contribution in [3.8, 4) is 0 Å². The molecule has 150 valence electrons. The second kappa shape index (κ2) is 8.75. The van der Waals surface area contributed by atoms with Crippen LogP contribution in [-0.2, 0) is 14.8 Å². The molecule has 28 heavy (non-hydrogen) atoms. The van der Waals surface area contributed by atoms with Crippen molar-refractivity contribution in [3.05, 3.63) is 58.3 Å². The molecule has 1 N–H and O–H groups in total. The monoisotopic (exact) mass is 445 g/mol. The summed E-state index contributed by atoms with van der Waals surface area (Å²) in [7, 11) is -3.83. The molecule has 0 aliphatic carbocycles. The van der Waals surface area contributed by atoms with E-state index < -0.39 is 15.8 Å². The predicted octanol–water partition coefficient (Wildman–Crippen LogP) is 3.08. The van der Waals surface area contributed by atoms with E-state index in [-0.39, 0.29) is 40.5 Å². The van der Waals surface area contributed by atoms with Crippen LogP contribution in [0.2, 0.25) is 10.0 Å². The van der Waals surface area contributed by atoms with Gasteiger partial charge in [-0.05, 0) is 30.3 Å². The number of hydrogen-bond acceptors (Lipinski definition) is 4. The summed E-state index contributed by atoms with van der Waals surface area (Å²) < 4.78 is 40.2. The van der Waals surface area contributed by atoms with Gasteiger partial charge in [-0.3, -0.25) is 9.69 Å². The van der Waals surface area contributed by atoms with E-state index >= 15 is 0 Å². The van der Waals surface area contributed by atoms with Crippen molar-refractivity contribution in [2.75, 3.05) is 38.0 Å². The van der Waals surface area contributed by atoms with Crippen molar-refractivity contribution in [1.82, 2.24) is 9.21 Å². The summed E-state index contributed by atoms with van der Waals surface area (Å²) >= 11 is 12.1. The number of carbonyl (C=O) groups is 1. The molecule has 6 nitrogen and oxygen atoms in total. The first kappa shape index (κ1) is 21.0. The van der Waals surface area contributed by atoms with Gasteiger partial charge in [-0.1, -0.05) is 35.3 Å². The number of nitrogens with zero attached hydrogens (tertiary/aromatic N) is 2. The van der Waals surface area contributed by atoms with Gasteiger partial charge in [0, 0.05) is 31.9 Å². The van der Waals surface area contributed by atoms with Crippen molar-refractivity contribution in [1.29, 1.82) is 0 Å². The summed E-state index contributed by atoms with van der Waals surface area (Å²) in [6, 6.07) is 10.2. The first-order chi connectivity index (χ1) is 13.3. The lowest BCUT2D eigenvalue weighted by Gasteiger charge is -2.33. The number of sulfonamides is 1. The van der Waals surface area contributed by atoms with Gasteiger partial charge >= 0.3 is 0 Å². The molecular weight excluding hydrogens is 428 g/mol. The Morgan fingerprint density at radius 2 is 1.64 bits per heavy atom. The van der Waals surface area contributed by atoms with Crippen LogP contribution in [-0.4, -0.2) is 56.3 Å². The molecule has 3 rings (SSSR count). The Morgan fingerprint density at radius 1 is 1.04 bits per heavy atom. The third-order valence-corrected chi connectivity index (χ3v) is 7.18. The number of benzene rings is 2. The highest BCUT2D eigenvalue weighted by Gasteiger charge is 2.32. The fourth-order valence-corrected chi connectivity index (χ4v) is 5.47. The lowest BCUT2D eigenvalue weighted by molar-refractivity contribution is -0.117. The maximum absolute atomic E-state index is 13.2. The van der Waals surface area contributed by atoms with Crippen LogP contribution >= 0.6 is 23.2 Å². The zero-order valence-corrected chi connectivity index (χ0v) is 17.1. The van der Waals surface area contributed by atoms with Crippen LogP contribution in [0.3, 0.4) is 0 Å². The number of rotatable bonds is 5. The van der Waals surface area contributed by atoms with Gasteiger partial charge in [0.25, 0.3) is 0 Å². The molecule has 1 aliphatic heterocycles. The molecule has 0 bridgehead atoms. The molecule has 10 heteroatoms. The van der Waals surface area contributed by atoms with E-state index in [0.29, 0.717) is 18.8 Å². The number of hydrogen-bond donors (Lipinski definition) is 1. The lowest BCUT2D eigenvalue weighted by Crippen LogP contribution is -2.50. The standard InChI is InChI=1S/C18H18Cl2FN3O3S/c19-15-5-2-6-16(20)18(15)28(26,27)24-9-7-23(8-10-24)12-17(25)22-14-4-1-3-13(21)11-14/h1-6,11H,7-10,12H2,(H,22,25). The van der Waals surface area contributed by atoms with Crippen molar-refractivity contribution in [2.45, 2.75) is 4.90 Å². The van der Waals surface area contributed by atoms with Crippen molar-refractivity contribution < 1.29 is 17.6 Å². The molecule has 0 aromatic heterocycles. The minimum Gasteiger partial charge on any atom is -0.325 e. The maximum atomic E-state index is 13.2. The number of anilines is 1. The number of amides is 1. The van der Waals surface area contributed by atoms with E-state index in [1.165, 1.54) is 34.6 Å². The minimum atomic E-state index is -3.83. The van der Waals surface area contributed by atoms with Gasteiger partial charge in [0.15, 0.2) is 0 Å². The van der Waals surface area contributed by atoms with Crippen molar-refractivity contribution >= 4 is 44.8 Å². The molecule has 0 saturated carbocycles. The highest BCUT2D eigenvalue weighted by molar-refractivity contribution is 7.89. The minimum absolute atomic E-state index is 0.0735. The summed E-state index contributed by atoms with van der Waals surface area (Å²) in [5.74, 6) is -0.731. The molecule has 1 fully saturated rings. The maximum Gasteiger partial charge on any atom is 0.246 e. The molecule has 0 atom stereocenters. The molecule has 1 amide bonds. The Morgan fingerprint density at radius 3 is 2.25 bits per heavy atom. The second-order valence-corrected chi connectivity index (χ2v) is 8.98. The van der Waals surface area contributed by atoms with Gasteiger partial charge < -0.3 is 5.32 Å². The topological polar surface area (TPSA) is 69.7 Å². The number of piperazine rings is 1. The summed E-state index contributed by atoms with van der Waals surface area (Å²) in [5, 5.41) is 2.77. The molecule has 2 aromatic carbocycles. The van der Waals surface area contributed by atoms with E-state index in [1.54, 1.807) is 12.1 Å². The Bertz CT molecular complexity index is 960. The van der Waals surface area contributed by atoms with Gasteiger partial charge in [0.2, 0.25) is 15.9 Å². The molecular formula is C18H18Cl2FN3O3S. The largest absolute Gasteiger partial charge is 0.325 e. The van der Waals surface area contributed by atoms with Gasteiger partial charge in [0.1, 0.15) is 10.7 Å². The first-order valence-corrected chi connectivity index (χ1v) is 10.7. The fraction of sp³-hybridized carbons (Fsp3) is 0.278. The van der Waals surface area contributed by atoms with Crippen LogP contribution in [0.4, 0.5) is 10.1 Å².